The van der Waals surface area contributed by atoms with Crippen molar-refractivity contribution in [1.82, 2.24) is 20.1 Å². The van der Waals surface area contributed by atoms with Gasteiger partial charge in [0.25, 0.3) is 0 Å². The van der Waals surface area contributed by atoms with Crippen molar-refractivity contribution in [3.8, 4) is 5.75 Å². The van der Waals surface area contributed by atoms with Crippen LogP contribution >= 0.6 is 22.9 Å². The Morgan fingerprint density at radius 2 is 2.00 bits per heavy atom. The summed E-state index contributed by atoms with van der Waals surface area (Å²) in [5.41, 5.74) is 0.391. The van der Waals surface area contributed by atoms with Crippen molar-refractivity contribution in [2.45, 2.75) is 31.5 Å². The minimum absolute atomic E-state index is 0.124. The summed E-state index contributed by atoms with van der Waals surface area (Å²) in [5.74, 6) is -1.43. The molecule has 3 aromatic rings. The lowest BCUT2D eigenvalue weighted by Gasteiger charge is -2.38. The molecule has 246 valence electrons. The number of ether oxygens (including phenoxy) is 2. The molecule has 0 unspecified atom stereocenters. The van der Waals surface area contributed by atoms with E-state index in [-0.39, 0.29) is 22.7 Å². The van der Waals surface area contributed by atoms with Crippen LogP contribution in [0.1, 0.15) is 30.5 Å². The molecule has 2 aromatic carbocycles. The molecular weight excluding hydrogens is 651 g/mol. The Labute approximate surface area is 279 Å². The number of amidine groups is 1. The minimum atomic E-state index is -1.44. The van der Waals surface area contributed by atoms with E-state index < -0.39 is 29.4 Å². The smallest absolute Gasteiger partial charge is 0.347 e. The van der Waals surface area contributed by atoms with Crippen LogP contribution in [0.4, 0.5) is 14.9 Å². The van der Waals surface area contributed by atoms with Crippen LogP contribution in [-0.4, -0.2) is 95.2 Å². The highest BCUT2D eigenvalue weighted by atomic mass is 35.5. The van der Waals surface area contributed by atoms with E-state index in [1.165, 1.54) is 50.5 Å². The number of thiazole rings is 1. The van der Waals surface area contributed by atoms with Gasteiger partial charge in [0.1, 0.15) is 17.6 Å². The highest BCUT2D eigenvalue weighted by Gasteiger charge is 2.42. The van der Waals surface area contributed by atoms with Crippen LogP contribution in [0.15, 0.2) is 70.3 Å². The average molecular weight is 683 g/mol. The molecule has 2 atom stereocenters. The number of esters is 1. The van der Waals surface area contributed by atoms with Crippen molar-refractivity contribution in [3.63, 3.8) is 0 Å². The Hall–Kier alpha value is -4.53. The lowest BCUT2D eigenvalue weighted by atomic mass is 9.95. The predicted molar refractivity (Wildman–Crippen MR) is 173 cm³/mol. The van der Waals surface area contributed by atoms with E-state index in [1.807, 2.05) is 10.3 Å². The van der Waals surface area contributed by atoms with Crippen LogP contribution in [0.2, 0.25) is 5.02 Å². The molecule has 0 aliphatic carbocycles. The fraction of sp³-hybridized carbons (Fsp3) is 0.344. The van der Waals surface area contributed by atoms with Gasteiger partial charge in [0, 0.05) is 72.3 Å². The van der Waals surface area contributed by atoms with Gasteiger partial charge in [-0.2, -0.15) is 0 Å². The number of aliphatic imine (C=N–C) groups is 1. The minimum Gasteiger partial charge on any atom is -0.478 e. The molecule has 47 heavy (non-hydrogen) atoms. The van der Waals surface area contributed by atoms with Gasteiger partial charge < -0.3 is 24.8 Å². The van der Waals surface area contributed by atoms with E-state index >= 15 is 0 Å². The number of aliphatic carboxylic acids is 1. The molecule has 0 spiro atoms. The van der Waals surface area contributed by atoms with Crippen molar-refractivity contribution in [3.05, 3.63) is 86.7 Å². The van der Waals surface area contributed by atoms with Gasteiger partial charge in [-0.25, -0.2) is 23.8 Å². The molecule has 0 saturated carbocycles. The van der Waals surface area contributed by atoms with E-state index in [0.29, 0.717) is 66.3 Å². The summed E-state index contributed by atoms with van der Waals surface area (Å²) in [6.07, 6.45) is 1.65. The number of carboxylic acids is 1. The van der Waals surface area contributed by atoms with Crippen LogP contribution < -0.4 is 15.0 Å². The number of piperazine rings is 1. The molecule has 2 amide bonds. The normalized spacial score (nSPS) is 20.1. The van der Waals surface area contributed by atoms with Crippen LogP contribution in [0.5, 0.6) is 5.75 Å². The first-order valence-electron chi connectivity index (χ1n) is 14.8. The van der Waals surface area contributed by atoms with E-state index in [4.69, 9.17) is 26.1 Å². The summed E-state index contributed by atoms with van der Waals surface area (Å²) < 4.78 is 24.9. The second-order valence-corrected chi connectivity index (χ2v) is 13.1. The molecule has 15 heteroatoms. The van der Waals surface area contributed by atoms with Crippen LogP contribution in [0.25, 0.3) is 0 Å². The molecule has 12 nitrogen and oxygen atoms in total. The maximum atomic E-state index is 14.0. The molecule has 3 aliphatic rings. The number of carbonyl (C=O) groups excluding carboxylic acids is 2. The SMILES string of the molecule is COC(=O)C1=C(CN2CCN3C(=O)N(c4cccc(OC(C)(C)C(=O)O)c4)C[C@@H]3C2)NC(c2nccs2)=N[C@H]1c1ccc(F)cc1Cl. The molecular formula is C32H32ClFN6O6S. The molecule has 2 saturated heterocycles. The molecule has 0 bridgehead atoms. The molecule has 2 fully saturated rings. The Morgan fingerprint density at radius 3 is 2.70 bits per heavy atom. The molecule has 2 N–H and O–H groups in total. The highest BCUT2D eigenvalue weighted by Crippen LogP contribution is 2.37. The summed E-state index contributed by atoms with van der Waals surface area (Å²) in [7, 11) is 1.29. The first kappa shape index (κ1) is 32.4. The lowest BCUT2D eigenvalue weighted by molar-refractivity contribution is -0.152. The zero-order valence-electron chi connectivity index (χ0n) is 25.8. The van der Waals surface area contributed by atoms with Gasteiger partial charge in [0.15, 0.2) is 16.4 Å². The average Bonchev–Trinajstić information content (AvgIpc) is 3.69. The highest BCUT2D eigenvalue weighted by molar-refractivity contribution is 7.11. The molecule has 6 rings (SSSR count). The van der Waals surface area contributed by atoms with Crippen molar-refractivity contribution >= 4 is 52.4 Å². The topological polar surface area (TPSA) is 137 Å². The molecule has 0 radical (unpaired) electrons. The fourth-order valence-electron chi connectivity index (χ4n) is 5.88. The third-order valence-electron chi connectivity index (χ3n) is 8.26. The zero-order chi connectivity index (χ0) is 33.5. The van der Waals surface area contributed by atoms with Gasteiger partial charge in [0.2, 0.25) is 0 Å². The maximum absolute atomic E-state index is 14.0. The van der Waals surface area contributed by atoms with E-state index in [1.54, 1.807) is 35.4 Å². The number of carboxylic acid groups (broad SMARTS) is 1. The van der Waals surface area contributed by atoms with Crippen molar-refractivity contribution < 1.29 is 33.4 Å². The first-order valence-corrected chi connectivity index (χ1v) is 16.0. The number of aromatic nitrogens is 1. The first-order chi connectivity index (χ1) is 22.4. The van der Waals surface area contributed by atoms with Gasteiger partial charge in [-0.05, 0) is 38.1 Å². The number of hydrogen-bond acceptors (Lipinski definition) is 10. The number of anilines is 1. The van der Waals surface area contributed by atoms with Gasteiger partial charge in [0.05, 0.1) is 18.7 Å². The number of hydrogen-bond donors (Lipinski definition) is 2. The number of nitrogens with zero attached hydrogens (tertiary/aromatic N) is 5. The third-order valence-corrected chi connectivity index (χ3v) is 9.37. The number of benzene rings is 2. The Balaban J connectivity index is 1.26. The van der Waals surface area contributed by atoms with Gasteiger partial charge >= 0.3 is 18.0 Å². The number of rotatable bonds is 9. The van der Waals surface area contributed by atoms with Crippen LogP contribution in [-0.2, 0) is 14.3 Å². The molecule has 1 aromatic heterocycles. The maximum Gasteiger partial charge on any atom is 0.347 e. The predicted octanol–water partition coefficient (Wildman–Crippen LogP) is 4.32. The van der Waals surface area contributed by atoms with Gasteiger partial charge in [-0.1, -0.05) is 23.7 Å². The quantitative estimate of drug-likeness (QED) is 0.316. The Bertz CT molecular complexity index is 1780. The van der Waals surface area contributed by atoms with Crippen molar-refractivity contribution in [1.29, 1.82) is 0 Å². The van der Waals surface area contributed by atoms with Crippen LogP contribution in [0.3, 0.4) is 0 Å². The monoisotopic (exact) mass is 682 g/mol. The number of fused-ring (bicyclic) bond motifs is 1. The number of carbonyl (C=O) groups is 3. The van der Waals surface area contributed by atoms with E-state index in [9.17, 15) is 23.9 Å². The number of methoxy groups -OCH3 is 1. The fourth-order valence-corrected chi connectivity index (χ4v) is 6.73. The second-order valence-electron chi connectivity index (χ2n) is 11.8. The summed E-state index contributed by atoms with van der Waals surface area (Å²) in [6.45, 7) is 5.11. The molecule has 3 aliphatic heterocycles. The second kappa shape index (κ2) is 12.9. The van der Waals surface area contributed by atoms with Crippen molar-refractivity contribution in [2.24, 2.45) is 4.99 Å². The summed E-state index contributed by atoms with van der Waals surface area (Å²) >= 11 is 7.85. The summed E-state index contributed by atoms with van der Waals surface area (Å²) in [4.78, 5) is 53.2. The standard InChI is InChI=1S/C32H32ClFN6O6S/c1-32(2,30(42)43)46-21-6-4-5-19(14-21)40-16-20-15-38(10-11-39(20)31(40)44)17-24-25(29(41)45-3)26(22-8-7-18(34)13-23(22)33)37-27(36-24)28-35-9-12-47-28/h4-9,12-14,20,26H,10-11,15-17H2,1-3H3,(H,36,37)(H,42,43)/t20-,26-/m0/s1. The zero-order valence-corrected chi connectivity index (χ0v) is 27.3. The number of halogens is 2. The third kappa shape index (κ3) is 6.53. The van der Waals surface area contributed by atoms with E-state index in [0.717, 1.165) is 0 Å². The number of nitrogens with one attached hydrogen (secondary N) is 1. The largest absolute Gasteiger partial charge is 0.478 e. The Morgan fingerprint density at radius 1 is 1.19 bits per heavy atom. The molecule has 4 heterocycles. The summed E-state index contributed by atoms with van der Waals surface area (Å²) in [5, 5.41) is 15.3. The summed E-state index contributed by atoms with van der Waals surface area (Å²) in [6, 6.07) is 9.61. The van der Waals surface area contributed by atoms with Gasteiger partial charge in [-0.3, -0.25) is 14.8 Å². The van der Waals surface area contributed by atoms with Crippen LogP contribution in [0, 0.1) is 5.82 Å². The Kier molecular flexibility index (Phi) is 8.92. The number of amides is 2. The van der Waals surface area contributed by atoms with Gasteiger partial charge in [-0.15, -0.1) is 11.3 Å². The lowest BCUT2D eigenvalue weighted by Crippen LogP contribution is -2.53. The van der Waals surface area contributed by atoms with E-state index in [2.05, 4.69) is 15.2 Å². The number of urea groups is 1. The van der Waals surface area contributed by atoms with Crippen molar-refractivity contribution in [2.75, 3.05) is 44.7 Å².